The molecule has 2 amide bonds. The fourth-order valence-electron chi connectivity index (χ4n) is 2.38. The molecule has 20 heavy (non-hydrogen) atoms. The van der Waals surface area contributed by atoms with Gasteiger partial charge in [0.15, 0.2) is 0 Å². The average Bonchev–Trinajstić information content (AvgIpc) is 2.61. The number of carbonyl (C=O) groups is 2. The van der Waals surface area contributed by atoms with E-state index in [1.54, 1.807) is 11.8 Å². The van der Waals surface area contributed by atoms with E-state index in [1.165, 1.54) is 0 Å². The summed E-state index contributed by atoms with van der Waals surface area (Å²) in [5.74, 6) is -0.225. The highest BCUT2D eigenvalue weighted by Gasteiger charge is 2.31. The van der Waals surface area contributed by atoms with Crippen LogP contribution in [0.4, 0.5) is 0 Å². The molecule has 0 spiro atoms. The molecule has 116 valence electrons. The Morgan fingerprint density at radius 3 is 2.50 bits per heavy atom. The van der Waals surface area contributed by atoms with E-state index in [-0.39, 0.29) is 24.5 Å². The Bertz CT molecular complexity index is 350. The smallest absolute Gasteiger partial charge is 0.245 e. The largest absolute Gasteiger partial charge is 0.394 e. The number of hydrogen-bond donors (Lipinski definition) is 2. The molecular formula is C15H28N2O3. The molecule has 1 aliphatic heterocycles. The molecule has 2 atom stereocenters. The van der Waals surface area contributed by atoms with E-state index in [1.807, 2.05) is 20.8 Å². The lowest BCUT2D eigenvalue weighted by Crippen LogP contribution is -2.53. The summed E-state index contributed by atoms with van der Waals surface area (Å²) in [5.41, 5.74) is -0.510. The minimum absolute atomic E-state index is 0.00826. The minimum atomic E-state index is -0.547. The van der Waals surface area contributed by atoms with Crippen molar-refractivity contribution < 1.29 is 14.7 Å². The molecule has 1 rings (SSSR count). The van der Waals surface area contributed by atoms with Crippen LogP contribution in [0.1, 0.15) is 53.4 Å². The fraction of sp³-hybridized carbons (Fsp3) is 0.867. The number of nitrogens with one attached hydrogen (secondary N) is 1. The normalized spacial score (nSPS) is 22.1. The van der Waals surface area contributed by atoms with Crippen LogP contribution in [0.3, 0.4) is 0 Å². The van der Waals surface area contributed by atoms with Crippen molar-refractivity contribution in [3.63, 3.8) is 0 Å². The molecule has 0 bridgehead atoms. The van der Waals surface area contributed by atoms with Crippen molar-refractivity contribution in [1.29, 1.82) is 0 Å². The standard InChI is InChI=1S/C15H28N2O3/c1-11(16-14(20)15(2,3)4)13(19)17-9-7-5-6-8-12(17)10-18/h11-12,18H,5-10H2,1-4H3,(H,16,20). The third kappa shape index (κ3) is 4.47. The number of aliphatic hydroxyl groups is 1. The molecule has 5 nitrogen and oxygen atoms in total. The highest BCUT2D eigenvalue weighted by molar-refractivity contribution is 5.89. The molecule has 0 aromatic carbocycles. The van der Waals surface area contributed by atoms with E-state index in [0.717, 1.165) is 25.7 Å². The van der Waals surface area contributed by atoms with Crippen LogP contribution in [-0.4, -0.2) is 47.1 Å². The van der Waals surface area contributed by atoms with Crippen LogP contribution in [0.2, 0.25) is 0 Å². The lowest BCUT2D eigenvalue weighted by Gasteiger charge is -2.32. The number of hydrogen-bond acceptors (Lipinski definition) is 3. The molecule has 2 unspecified atom stereocenters. The van der Waals surface area contributed by atoms with Crippen molar-refractivity contribution in [3.05, 3.63) is 0 Å². The summed E-state index contributed by atoms with van der Waals surface area (Å²) in [4.78, 5) is 26.2. The first kappa shape index (κ1) is 17.0. The Balaban J connectivity index is 2.68. The van der Waals surface area contributed by atoms with Crippen molar-refractivity contribution in [2.75, 3.05) is 13.2 Å². The van der Waals surface area contributed by atoms with Gasteiger partial charge in [-0.2, -0.15) is 0 Å². The van der Waals surface area contributed by atoms with Crippen LogP contribution in [0.5, 0.6) is 0 Å². The highest BCUT2D eigenvalue weighted by atomic mass is 16.3. The molecule has 1 heterocycles. The van der Waals surface area contributed by atoms with E-state index in [2.05, 4.69) is 5.32 Å². The summed E-state index contributed by atoms with van der Waals surface area (Å²) in [6, 6.07) is -0.659. The second-order valence-electron chi connectivity index (χ2n) is 6.66. The Morgan fingerprint density at radius 2 is 1.95 bits per heavy atom. The Morgan fingerprint density at radius 1 is 1.30 bits per heavy atom. The van der Waals surface area contributed by atoms with Gasteiger partial charge in [0.1, 0.15) is 6.04 Å². The summed E-state index contributed by atoms with van der Waals surface area (Å²) in [5, 5.41) is 12.2. The number of carbonyl (C=O) groups excluding carboxylic acids is 2. The first-order valence-electron chi connectivity index (χ1n) is 7.49. The van der Waals surface area contributed by atoms with E-state index in [4.69, 9.17) is 0 Å². The summed E-state index contributed by atoms with van der Waals surface area (Å²) in [6.07, 6.45) is 3.92. The molecule has 0 aliphatic carbocycles. The highest BCUT2D eigenvalue weighted by Crippen LogP contribution is 2.18. The molecule has 0 aromatic heterocycles. The number of aliphatic hydroxyl groups excluding tert-OH is 1. The van der Waals surface area contributed by atoms with Crippen molar-refractivity contribution >= 4 is 11.8 Å². The number of nitrogens with zero attached hydrogens (tertiary/aromatic N) is 1. The summed E-state index contributed by atoms with van der Waals surface area (Å²) in [6.45, 7) is 7.84. The predicted octanol–water partition coefficient (Wildman–Crippen LogP) is 1.30. The van der Waals surface area contributed by atoms with Crippen LogP contribution >= 0.6 is 0 Å². The summed E-state index contributed by atoms with van der Waals surface area (Å²) in [7, 11) is 0. The van der Waals surface area contributed by atoms with E-state index in [9.17, 15) is 14.7 Å². The van der Waals surface area contributed by atoms with Gasteiger partial charge in [-0.15, -0.1) is 0 Å². The Labute approximate surface area is 121 Å². The third-order valence-electron chi connectivity index (χ3n) is 3.77. The van der Waals surface area contributed by atoms with Gasteiger partial charge in [0.2, 0.25) is 11.8 Å². The van der Waals surface area contributed by atoms with Gasteiger partial charge in [0, 0.05) is 12.0 Å². The third-order valence-corrected chi connectivity index (χ3v) is 3.77. The minimum Gasteiger partial charge on any atom is -0.394 e. The Hall–Kier alpha value is -1.10. The van der Waals surface area contributed by atoms with Crippen molar-refractivity contribution in [3.8, 4) is 0 Å². The Kier molecular flexibility index (Phi) is 5.99. The maximum Gasteiger partial charge on any atom is 0.245 e. The second-order valence-corrected chi connectivity index (χ2v) is 6.66. The van der Waals surface area contributed by atoms with Gasteiger partial charge in [0.05, 0.1) is 12.6 Å². The summed E-state index contributed by atoms with van der Waals surface area (Å²) < 4.78 is 0. The quantitative estimate of drug-likeness (QED) is 0.821. The van der Waals surface area contributed by atoms with Crippen molar-refractivity contribution in [1.82, 2.24) is 10.2 Å². The van der Waals surface area contributed by atoms with E-state index < -0.39 is 11.5 Å². The van der Waals surface area contributed by atoms with Gasteiger partial charge < -0.3 is 15.3 Å². The number of rotatable bonds is 3. The SMILES string of the molecule is CC(NC(=O)C(C)(C)C)C(=O)N1CCCCCC1CO. The first-order valence-corrected chi connectivity index (χ1v) is 7.49. The van der Waals surface area contributed by atoms with Crippen LogP contribution in [0, 0.1) is 5.41 Å². The van der Waals surface area contributed by atoms with Gasteiger partial charge in [-0.05, 0) is 19.8 Å². The second kappa shape index (κ2) is 7.07. The van der Waals surface area contributed by atoms with Crippen molar-refractivity contribution in [2.45, 2.75) is 65.5 Å². The number of likely N-dealkylation sites (tertiary alicyclic amines) is 1. The molecule has 0 saturated carbocycles. The lowest BCUT2D eigenvalue weighted by molar-refractivity contribution is -0.140. The summed E-state index contributed by atoms with van der Waals surface area (Å²) >= 11 is 0. The molecular weight excluding hydrogens is 256 g/mol. The van der Waals surface area contributed by atoms with Gasteiger partial charge in [0.25, 0.3) is 0 Å². The van der Waals surface area contributed by atoms with Crippen molar-refractivity contribution in [2.24, 2.45) is 5.41 Å². The van der Waals surface area contributed by atoms with Crippen LogP contribution < -0.4 is 5.32 Å². The van der Waals surface area contributed by atoms with Gasteiger partial charge in [-0.1, -0.05) is 33.6 Å². The molecule has 5 heteroatoms. The van der Waals surface area contributed by atoms with Crippen LogP contribution in [0.25, 0.3) is 0 Å². The zero-order chi connectivity index (χ0) is 15.3. The average molecular weight is 284 g/mol. The topological polar surface area (TPSA) is 69.6 Å². The molecule has 1 fully saturated rings. The van der Waals surface area contributed by atoms with Crippen LogP contribution in [-0.2, 0) is 9.59 Å². The molecule has 1 aliphatic rings. The van der Waals surface area contributed by atoms with Gasteiger partial charge in [-0.25, -0.2) is 0 Å². The molecule has 0 aromatic rings. The van der Waals surface area contributed by atoms with E-state index in [0.29, 0.717) is 6.54 Å². The maximum atomic E-state index is 12.5. The first-order chi connectivity index (χ1) is 9.27. The van der Waals surface area contributed by atoms with E-state index >= 15 is 0 Å². The van der Waals surface area contributed by atoms with Gasteiger partial charge >= 0.3 is 0 Å². The lowest BCUT2D eigenvalue weighted by atomic mass is 9.95. The monoisotopic (exact) mass is 284 g/mol. The zero-order valence-corrected chi connectivity index (χ0v) is 13.1. The van der Waals surface area contributed by atoms with Crippen LogP contribution in [0.15, 0.2) is 0 Å². The zero-order valence-electron chi connectivity index (χ0n) is 13.1. The van der Waals surface area contributed by atoms with Gasteiger partial charge in [-0.3, -0.25) is 9.59 Å². The maximum absolute atomic E-state index is 12.5. The fourth-order valence-corrected chi connectivity index (χ4v) is 2.38. The molecule has 0 radical (unpaired) electrons. The number of amides is 2. The molecule has 1 saturated heterocycles. The predicted molar refractivity (Wildman–Crippen MR) is 78.1 cm³/mol. The molecule has 2 N–H and O–H groups in total.